The number of nitrogens with one attached hydrogen (secondary N) is 3. The Kier molecular flexibility index (Phi) is 6.61. The van der Waals surface area contributed by atoms with Crippen molar-refractivity contribution < 1.29 is 9.13 Å². The topological polar surface area (TPSA) is 64.7 Å². The lowest BCUT2D eigenvalue weighted by Gasteiger charge is -2.35. The minimum Gasteiger partial charge on any atom is -0.379 e. The maximum absolute atomic E-state index is 13.4. The van der Waals surface area contributed by atoms with Gasteiger partial charge in [-0.05, 0) is 35.2 Å². The van der Waals surface area contributed by atoms with E-state index < -0.39 is 0 Å². The number of aromatic amines is 1. The van der Waals surface area contributed by atoms with E-state index in [4.69, 9.17) is 4.74 Å². The van der Waals surface area contributed by atoms with E-state index in [1.165, 1.54) is 17.5 Å². The molecule has 1 unspecified atom stereocenters. The van der Waals surface area contributed by atoms with Crippen molar-refractivity contribution in [1.82, 2.24) is 20.5 Å². The van der Waals surface area contributed by atoms with Crippen LogP contribution in [-0.4, -0.2) is 55.7 Å². The van der Waals surface area contributed by atoms with Crippen LogP contribution >= 0.6 is 0 Å². The molecule has 3 N–H and O–H groups in total. The smallest absolute Gasteiger partial charge is 0.191 e. The van der Waals surface area contributed by atoms with Gasteiger partial charge in [-0.25, -0.2) is 4.39 Å². The normalized spacial score (nSPS) is 16.5. The Balaban J connectivity index is 1.39. The molecular formula is C23H28FN5O. The number of hydrogen-bond acceptors (Lipinski definition) is 3. The highest BCUT2D eigenvalue weighted by molar-refractivity contribution is 5.81. The predicted molar refractivity (Wildman–Crippen MR) is 118 cm³/mol. The second kappa shape index (κ2) is 9.73. The van der Waals surface area contributed by atoms with Crippen LogP contribution in [0, 0.1) is 5.82 Å². The van der Waals surface area contributed by atoms with Gasteiger partial charge in [-0.1, -0.05) is 30.3 Å². The number of nitrogens with zero attached hydrogens (tertiary/aromatic N) is 2. The first-order valence-electron chi connectivity index (χ1n) is 10.3. The van der Waals surface area contributed by atoms with Gasteiger partial charge in [0.15, 0.2) is 5.96 Å². The summed E-state index contributed by atoms with van der Waals surface area (Å²) in [6, 6.07) is 17.2. The molecule has 0 radical (unpaired) electrons. The van der Waals surface area contributed by atoms with E-state index in [1.54, 1.807) is 7.05 Å². The van der Waals surface area contributed by atoms with Crippen molar-refractivity contribution in [3.63, 3.8) is 0 Å². The molecule has 0 bridgehead atoms. The summed E-state index contributed by atoms with van der Waals surface area (Å²) in [5.41, 5.74) is 3.31. The largest absolute Gasteiger partial charge is 0.379 e. The zero-order valence-electron chi connectivity index (χ0n) is 17.2. The van der Waals surface area contributed by atoms with Crippen molar-refractivity contribution >= 4 is 16.9 Å². The third-order valence-corrected chi connectivity index (χ3v) is 5.46. The molecule has 0 spiro atoms. The average molecular weight is 410 g/mol. The summed E-state index contributed by atoms with van der Waals surface area (Å²) in [6.45, 7) is 4.44. The fourth-order valence-corrected chi connectivity index (χ4v) is 3.85. The Morgan fingerprint density at radius 2 is 1.90 bits per heavy atom. The van der Waals surface area contributed by atoms with Crippen LogP contribution in [0.5, 0.6) is 0 Å². The average Bonchev–Trinajstić information content (AvgIpc) is 3.21. The first kappa shape index (κ1) is 20.4. The Hall–Kier alpha value is -2.90. The molecule has 0 saturated carbocycles. The predicted octanol–water partition coefficient (Wildman–Crippen LogP) is 3.05. The first-order chi connectivity index (χ1) is 14.7. The number of benzene rings is 2. The van der Waals surface area contributed by atoms with Gasteiger partial charge < -0.3 is 20.4 Å². The summed E-state index contributed by atoms with van der Waals surface area (Å²) in [5.74, 6) is 0.511. The van der Waals surface area contributed by atoms with Crippen molar-refractivity contribution in [3.8, 4) is 0 Å². The Bertz CT molecular complexity index is 946. The van der Waals surface area contributed by atoms with Gasteiger partial charge in [0, 0.05) is 37.9 Å². The second-order valence-electron chi connectivity index (χ2n) is 7.40. The number of guanidine groups is 1. The minimum absolute atomic E-state index is 0.112. The van der Waals surface area contributed by atoms with Crippen molar-refractivity contribution in [3.05, 3.63) is 71.7 Å². The summed E-state index contributed by atoms with van der Waals surface area (Å²) < 4.78 is 18.9. The van der Waals surface area contributed by atoms with E-state index in [9.17, 15) is 4.39 Å². The summed E-state index contributed by atoms with van der Waals surface area (Å²) >= 11 is 0. The Morgan fingerprint density at radius 1 is 1.13 bits per heavy atom. The number of morpholine rings is 1. The number of ether oxygens (including phenoxy) is 1. The Labute approximate surface area is 176 Å². The molecule has 7 heteroatoms. The molecule has 1 aliphatic heterocycles. The van der Waals surface area contributed by atoms with Gasteiger partial charge in [-0.3, -0.25) is 9.89 Å². The molecule has 4 rings (SSSR count). The fourth-order valence-electron chi connectivity index (χ4n) is 3.85. The fraction of sp³-hybridized carbons (Fsp3) is 0.348. The second-order valence-corrected chi connectivity index (χ2v) is 7.40. The molecule has 30 heavy (non-hydrogen) atoms. The number of rotatable bonds is 6. The van der Waals surface area contributed by atoms with E-state index in [0.29, 0.717) is 26.3 Å². The van der Waals surface area contributed by atoms with Crippen LogP contribution in [0.4, 0.5) is 4.39 Å². The van der Waals surface area contributed by atoms with Crippen molar-refractivity contribution in [2.75, 3.05) is 39.9 Å². The zero-order valence-corrected chi connectivity index (χ0v) is 17.2. The molecule has 1 fully saturated rings. The van der Waals surface area contributed by atoms with Crippen LogP contribution in [0.15, 0.2) is 59.6 Å². The van der Waals surface area contributed by atoms with Gasteiger partial charge in [-0.2, -0.15) is 0 Å². The van der Waals surface area contributed by atoms with Gasteiger partial charge in [-0.15, -0.1) is 0 Å². The van der Waals surface area contributed by atoms with Crippen LogP contribution in [0.3, 0.4) is 0 Å². The van der Waals surface area contributed by atoms with E-state index in [0.717, 1.165) is 35.8 Å². The van der Waals surface area contributed by atoms with Crippen molar-refractivity contribution in [2.45, 2.75) is 12.6 Å². The zero-order chi connectivity index (χ0) is 20.8. The maximum atomic E-state index is 13.4. The number of aromatic nitrogens is 1. The van der Waals surface area contributed by atoms with Crippen LogP contribution in [0.25, 0.3) is 10.9 Å². The molecule has 0 amide bonds. The Morgan fingerprint density at radius 3 is 2.63 bits per heavy atom. The van der Waals surface area contributed by atoms with Crippen molar-refractivity contribution in [2.24, 2.45) is 4.99 Å². The SMILES string of the molecule is CN=C(NCc1cc2ccccc2[nH]1)NCC(c1ccc(F)cc1)N1CCOCC1. The third-order valence-electron chi connectivity index (χ3n) is 5.46. The number of aliphatic imine (C=N–C) groups is 1. The highest BCUT2D eigenvalue weighted by Gasteiger charge is 2.23. The number of fused-ring (bicyclic) bond motifs is 1. The van der Waals surface area contributed by atoms with Crippen LogP contribution in [0.1, 0.15) is 17.3 Å². The quantitative estimate of drug-likeness (QED) is 0.433. The highest BCUT2D eigenvalue weighted by Crippen LogP contribution is 2.21. The molecule has 158 valence electrons. The number of para-hydroxylation sites is 1. The molecule has 1 aromatic heterocycles. The van der Waals surface area contributed by atoms with E-state index in [-0.39, 0.29) is 11.9 Å². The van der Waals surface area contributed by atoms with E-state index in [1.807, 2.05) is 24.3 Å². The van der Waals surface area contributed by atoms with Crippen molar-refractivity contribution in [1.29, 1.82) is 0 Å². The maximum Gasteiger partial charge on any atom is 0.191 e. The summed E-state index contributed by atoms with van der Waals surface area (Å²) in [4.78, 5) is 10.1. The molecule has 6 nitrogen and oxygen atoms in total. The van der Waals surface area contributed by atoms with Crippen LogP contribution in [-0.2, 0) is 11.3 Å². The minimum atomic E-state index is -0.219. The molecule has 0 aliphatic carbocycles. The third kappa shape index (κ3) is 4.98. The van der Waals surface area contributed by atoms with Gasteiger partial charge in [0.25, 0.3) is 0 Å². The highest BCUT2D eigenvalue weighted by atomic mass is 19.1. The molecule has 2 heterocycles. The lowest BCUT2D eigenvalue weighted by Crippen LogP contribution is -2.46. The lowest BCUT2D eigenvalue weighted by molar-refractivity contribution is 0.0170. The van der Waals surface area contributed by atoms with E-state index >= 15 is 0 Å². The van der Waals surface area contributed by atoms with Gasteiger partial charge in [0.1, 0.15) is 5.82 Å². The number of halogens is 1. The number of hydrogen-bond donors (Lipinski definition) is 3. The molecular weight excluding hydrogens is 381 g/mol. The molecule has 2 aromatic carbocycles. The summed E-state index contributed by atoms with van der Waals surface area (Å²) in [5, 5.41) is 8.00. The lowest BCUT2D eigenvalue weighted by atomic mass is 10.0. The van der Waals surface area contributed by atoms with Gasteiger partial charge >= 0.3 is 0 Å². The molecule has 1 saturated heterocycles. The molecule has 1 atom stereocenters. The number of H-pyrrole nitrogens is 1. The standard InChI is InChI=1S/C23H28FN5O/c1-25-23(26-15-20-14-18-4-2-3-5-21(18)28-20)27-16-22(29-10-12-30-13-11-29)17-6-8-19(24)9-7-17/h2-9,14,22,28H,10-13,15-16H2,1H3,(H2,25,26,27). The van der Waals surface area contributed by atoms with Crippen LogP contribution < -0.4 is 10.6 Å². The monoisotopic (exact) mass is 409 g/mol. The first-order valence-corrected chi connectivity index (χ1v) is 10.3. The van der Waals surface area contributed by atoms with Crippen LogP contribution in [0.2, 0.25) is 0 Å². The summed E-state index contributed by atoms with van der Waals surface area (Å²) in [6.07, 6.45) is 0. The van der Waals surface area contributed by atoms with Gasteiger partial charge in [0.05, 0.1) is 25.8 Å². The molecule has 1 aliphatic rings. The molecule has 3 aromatic rings. The summed E-state index contributed by atoms with van der Waals surface area (Å²) in [7, 11) is 1.77. The van der Waals surface area contributed by atoms with Gasteiger partial charge in [0.2, 0.25) is 0 Å². The van der Waals surface area contributed by atoms with E-state index in [2.05, 4.69) is 43.7 Å².